The molecular formula is C20H22N4O3. The van der Waals surface area contributed by atoms with Crippen LogP contribution in [0.4, 0.5) is 0 Å². The summed E-state index contributed by atoms with van der Waals surface area (Å²) in [6.07, 6.45) is 2.43. The molecule has 140 valence electrons. The van der Waals surface area contributed by atoms with Gasteiger partial charge < -0.3 is 13.9 Å². The number of carbonyl (C=O) groups excluding carboxylic acids is 1. The lowest BCUT2D eigenvalue weighted by molar-refractivity contribution is 0.0699. The average molecular weight is 366 g/mol. The Morgan fingerprint density at radius 2 is 2.04 bits per heavy atom. The highest BCUT2D eigenvalue weighted by Gasteiger charge is 2.35. The van der Waals surface area contributed by atoms with Crippen LogP contribution in [0.2, 0.25) is 0 Å². The van der Waals surface area contributed by atoms with Crippen molar-refractivity contribution < 1.29 is 13.8 Å². The number of amides is 1. The van der Waals surface area contributed by atoms with E-state index < -0.39 is 0 Å². The van der Waals surface area contributed by atoms with Crippen molar-refractivity contribution >= 4 is 5.91 Å². The van der Waals surface area contributed by atoms with Gasteiger partial charge in [0.25, 0.3) is 5.91 Å². The minimum absolute atomic E-state index is 0.157. The van der Waals surface area contributed by atoms with Crippen LogP contribution in [-0.2, 0) is 6.42 Å². The third kappa shape index (κ3) is 3.63. The van der Waals surface area contributed by atoms with Crippen LogP contribution >= 0.6 is 0 Å². The maximum Gasteiger partial charge on any atom is 0.276 e. The topological polar surface area (TPSA) is 85.3 Å². The Morgan fingerprint density at radius 1 is 1.22 bits per heavy atom. The Morgan fingerprint density at radius 3 is 2.81 bits per heavy atom. The number of hydrogen-bond acceptors (Lipinski definition) is 6. The molecule has 1 atom stereocenters. The molecule has 0 N–H and O–H groups in total. The van der Waals surface area contributed by atoms with Crippen LogP contribution in [0.1, 0.15) is 54.9 Å². The van der Waals surface area contributed by atoms with Gasteiger partial charge in [-0.25, -0.2) is 0 Å². The molecule has 0 saturated carbocycles. The summed E-state index contributed by atoms with van der Waals surface area (Å²) in [4.78, 5) is 19.2. The third-order valence-electron chi connectivity index (χ3n) is 4.66. The van der Waals surface area contributed by atoms with E-state index in [2.05, 4.69) is 29.1 Å². The van der Waals surface area contributed by atoms with Gasteiger partial charge in [-0.05, 0) is 18.8 Å². The summed E-state index contributed by atoms with van der Waals surface area (Å²) < 4.78 is 10.8. The molecule has 3 aromatic rings. The molecule has 7 heteroatoms. The van der Waals surface area contributed by atoms with Gasteiger partial charge in [0.2, 0.25) is 11.7 Å². The van der Waals surface area contributed by atoms with E-state index >= 15 is 0 Å². The van der Waals surface area contributed by atoms with Gasteiger partial charge in [-0.3, -0.25) is 4.79 Å². The summed E-state index contributed by atoms with van der Waals surface area (Å²) in [5.74, 6) is 2.01. The van der Waals surface area contributed by atoms with E-state index in [0.29, 0.717) is 29.9 Å². The number of carbonyl (C=O) groups is 1. The predicted octanol–water partition coefficient (Wildman–Crippen LogP) is 3.90. The van der Waals surface area contributed by atoms with Crippen LogP contribution in [-0.4, -0.2) is 32.6 Å². The number of hydrogen-bond donors (Lipinski definition) is 0. The molecule has 2 aromatic heterocycles. The highest BCUT2D eigenvalue weighted by molar-refractivity contribution is 5.92. The third-order valence-corrected chi connectivity index (χ3v) is 4.66. The predicted molar refractivity (Wildman–Crippen MR) is 97.8 cm³/mol. The molecule has 7 nitrogen and oxygen atoms in total. The van der Waals surface area contributed by atoms with Gasteiger partial charge in [-0.15, -0.1) is 0 Å². The number of nitrogens with zero attached hydrogens (tertiary/aromatic N) is 4. The summed E-state index contributed by atoms with van der Waals surface area (Å²) in [6, 6.07) is 11.2. The lowest BCUT2D eigenvalue weighted by Crippen LogP contribution is -2.31. The molecule has 1 amide bonds. The molecule has 1 aliphatic rings. The van der Waals surface area contributed by atoms with Crippen molar-refractivity contribution in [3.63, 3.8) is 0 Å². The number of rotatable bonds is 5. The Hall–Kier alpha value is -2.96. The van der Waals surface area contributed by atoms with E-state index in [1.807, 2.05) is 30.3 Å². The summed E-state index contributed by atoms with van der Waals surface area (Å²) in [6.45, 7) is 4.83. The van der Waals surface area contributed by atoms with E-state index in [0.717, 1.165) is 30.6 Å². The van der Waals surface area contributed by atoms with Crippen molar-refractivity contribution in [2.45, 2.75) is 39.2 Å². The normalized spacial score (nSPS) is 17.0. The molecule has 27 heavy (non-hydrogen) atoms. The molecule has 0 aliphatic carbocycles. The van der Waals surface area contributed by atoms with Crippen molar-refractivity contribution in [3.8, 4) is 11.4 Å². The Labute approximate surface area is 157 Å². The Balaban J connectivity index is 1.53. The van der Waals surface area contributed by atoms with Gasteiger partial charge in [0, 0.05) is 24.6 Å². The van der Waals surface area contributed by atoms with Crippen molar-refractivity contribution in [1.82, 2.24) is 20.2 Å². The highest BCUT2D eigenvalue weighted by Crippen LogP contribution is 2.33. The van der Waals surface area contributed by atoms with Gasteiger partial charge in [0.1, 0.15) is 11.8 Å². The number of likely N-dealkylation sites (tertiary alicyclic amines) is 1. The van der Waals surface area contributed by atoms with Crippen LogP contribution in [0.5, 0.6) is 0 Å². The molecular weight excluding hydrogens is 344 g/mol. The summed E-state index contributed by atoms with van der Waals surface area (Å²) in [5.41, 5.74) is 1.22. The van der Waals surface area contributed by atoms with Gasteiger partial charge in [-0.2, -0.15) is 4.98 Å². The van der Waals surface area contributed by atoms with E-state index in [1.165, 1.54) is 0 Å². The zero-order valence-electron chi connectivity index (χ0n) is 15.5. The van der Waals surface area contributed by atoms with Crippen LogP contribution < -0.4 is 0 Å². The minimum atomic E-state index is -0.229. The fourth-order valence-corrected chi connectivity index (χ4v) is 3.40. The van der Waals surface area contributed by atoms with Gasteiger partial charge in [-0.1, -0.05) is 54.5 Å². The maximum absolute atomic E-state index is 12.9. The van der Waals surface area contributed by atoms with Gasteiger partial charge >= 0.3 is 0 Å². The summed E-state index contributed by atoms with van der Waals surface area (Å²) >= 11 is 0. The second-order valence-corrected chi connectivity index (χ2v) is 7.26. The first-order chi connectivity index (χ1) is 13.1. The zero-order chi connectivity index (χ0) is 18.8. The Kier molecular flexibility index (Phi) is 4.75. The van der Waals surface area contributed by atoms with Crippen molar-refractivity contribution in [3.05, 3.63) is 53.7 Å². The molecule has 1 fully saturated rings. The standard InChI is InChI=1S/C20H22N4O3/c1-13(2)11-15-12-16(22-26-15)20(25)24-10-6-9-17(24)19-21-18(23-27-19)14-7-4-3-5-8-14/h3-5,7-8,12-13,17H,6,9-11H2,1-2H3/t17-/m0/s1. The second-order valence-electron chi connectivity index (χ2n) is 7.26. The molecule has 0 radical (unpaired) electrons. The van der Waals surface area contributed by atoms with Crippen LogP contribution in [0.25, 0.3) is 11.4 Å². The first kappa shape index (κ1) is 17.5. The van der Waals surface area contributed by atoms with E-state index in [4.69, 9.17) is 9.05 Å². The molecule has 1 aliphatic heterocycles. The fourth-order valence-electron chi connectivity index (χ4n) is 3.40. The monoisotopic (exact) mass is 366 g/mol. The first-order valence-electron chi connectivity index (χ1n) is 9.27. The first-order valence-corrected chi connectivity index (χ1v) is 9.27. The minimum Gasteiger partial charge on any atom is -0.361 e. The van der Waals surface area contributed by atoms with E-state index in [-0.39, 0.29) is 11.9 Å². The summed E-state index contributed by atoms with van der Waals surface area (Å²) in [7, 11) is 0. The smallest absolute Gasteiger partial charge is 0.276 e. The Bertz CT molecular complexity index is 916. The molecule has 3 heterocycles. The lowest BCUT2D eigenvalue weighted by Gasteiger charge is -2.20. The average Bonchev–Trinajstić information content (AvgIpc) is 3.41. The zero-order valence-corrected chi connectivity index (χ0v) is 15.5. The molecule has 0 bridgehead atoms. The van der Waals surface area contributed by atoms with Gasteiger partial charge in [0.15, 0.2) is 5.69 Å². The van der Waals surface area contributed by atoms with Crippen LogP contribution in [0, 0.1) is 5.92 Å². The van der Waals surface area contributed by atoms with Crippen LogP contribution in [0.15, 0.2) is 45.4 Å². The maximum atomic E-state index is 12.9. The second kappa shape index (κ2) is 7.34. The molecule has 0 unspecified atom stereocenters. The highest BCUT2D eigenvalue weighted by atomic mass is 16.5. The van der Waals surface area contributed by atoms with Crippen LogP contribution in [0.3, 0.4) is 0 Å². The van der Waals surface area contributed by atoms with Crippen molar-refractivity contribution in [1.29, 1.82) is 0 Å². The summed E-state index contributed by atoms with van der Waals surface area (Å²) in [5, 5.41) is 8.04. The molecule has 4 rings (SSSR count). The SMILES string of the molecule is CC(C)Cc1cc(C(=O)N2CCC[C@H]2c2nc(-c3ccccc3)no2)no1. The molecule has 0 spiro atoms. The quantitative estimate of drug-likeness (QED) is 0.681. The molecule has 1 saturated heterocycles. The number of benzene rings is 1. The van der Waals surface area contributed by atoms with Crippen molar-refractivity contribution in [2.75, 3.05) is 6.54 Å². The van der Waals surface area contributed by atoms with E-state index in [9.17, 15) is 4.79 Å². The lowest BCUT2D eigenvalue weighted by atomic mass is 10.1. The fraction of sp³-hybridized carbons (Fsp3) is 0.400. The van der Waals surface area contributed by atoms with Gasteiger partial charge in [0.05, 0.1) is 0 Å². The number of aromatic nitrogens is 3. The van der Waals surface area contributed by atoms with Crippen molar-refractivity contribution in [2.24, 2.45) is 5.92 Å². The van der Waals surface area contributed by atoms with E-state index in [1.54, 1.807) is 11.0 Å². The molecule has 1 aromatic carbocycles. The largest absolute Gasteiger partial charge is 0.361 e.